The predicted molar refractivity (Wildman–Crippen MR) is 99.2 cm³/mol. The van der Waals surface area contributed by atoms with Crippen LogP contribution in [0.3, 0.4) is 0 Å². The van der Waals surface area contributed by atoms with Gasteiger partial charge in [-0.2, -0.15) is 5.10 Å². The number of hydrogen-bond acceptors (Lipinski definition) is 4. The summed E-state index contributed by atoms with van der Waals surface area (Å²) in [6, 6.07) is 11.3. The zero-order valence-electron chi connectivity index (χ0n) is 12.5. The number of hydrogen-bond donors (Lipinski definition) is 0. The molecule has 1 heterocycles. The number of nitrogens with zero attached hydrogens (tertiary/aromatic N) is 3. The van der Waals surface area contributed by atoms with Gasteiger partial charge in [0.05, 0.1) is 5.02 Å². The molecule has 2 aromatic carbocycles. The van der Waals surface area contributed by atoms with Gasteiger partial charge in [-0.1, -0.05) is 34.8 Å². The molecule has 0 aliphatic carbocycles. The Hall–Kier alpha value is -1.79. The minimum atomic E-state index is -1.06. The molecule has 0 saturated carbocycles. The van der Waals surface area contributed by atoms with E-state index in [1.54, 1.807) is 36.4 Å². The molecular formula is C16H11Cl4N3O2. The summed E-state index contributed by atoms with van der Waals surface area (Å²) in [6.07, 6.45) is 1.64. The van der Waals surface area contributed by atoms with E-state index in [-0.39, 0.29) is 28.8 Å². The number of carbonyl (C=O) groups is 1. The number of rotatable bonds is 5. The monoisotopic (exact) mass is 417 g/mol. The van der Waals surface area contributed by atoms with Crippen molar-refractivity contribution in [2.75, 3.05) is 0 Å². The van der Waals surface area contributed by atoms with E-state index in [0.29, 0.717) is 15.8 Å². The fourth-order valence-corrected chi connectivity index (χ4v) is 2.66. The highest BCUT2D eigenvalue weighted by atomic mass is 35.5. The Balaban J connectivity index is 0.00000225. The van der Waals surface area contributed by atoms with Crippen molar-refractivity contribution in [3.63, 3.8) is 0 Å². The molecule has 5 nitrogen and oxygen atoms in total. The summed E-state index contributed by atoms with van der Waals surface area (Å²) < 4.78 is 7.08. The fraction of sp³-hybridized carbons (Fsp3) is 0.0625. The number of ketones is 1. The van der Waals surface area contributed by atoms with E-state index >= 15 is 0 Å². The lowest BCUT2D eigenvalue weighted by molar-refractivity contribution is 0.0619. The van der Waals surface area contributed by atoms with E-state index in [9.17, 15) is 4.79 Å². The molecule has 3 rings (SSSR count). The average Bonchev–Trinajstić information content (AvgIpc) is 3.08. The Labute approximate surface area is 164 Å². The Bertz CT molecular complexity index is 854. The van der Waals surface area contributed by atoms with Gasteiger partial charge in [0.1, 0.15) is 18.4 Å². The number of Topliss-reactive ketones (excluding diaryl/α,β-unsaturated/α-hetero) is 1. The first kappa shape index (κ1) is 19.5. The zero-order chi connectivity index (χ0) is 17.1. The van der Waals surface area contributed by atoms with Crippen molar-refractivity contribution in [1.82, 2.24) is 14.8 Å². The van der Waals surface area contributed by atoms with Crippen molar-refractivity contribution in [2.45, 2.75) is 6.23 Å². The van der Waals surface area contributed by atoms with Gasteiger partial charge in [0.25, 0.3) is 6.23 Å². The first-order chi connectivity index (χ1) is 11.5. The van der Waals surface area contributed by atoms with Crippen LogP contribution < -0.4 is 4.74 Å². The third-order valence-corrected chi connectivity index (χ3v) is 3.96. The quantitative estimate of drug-likeness (QED) is 0.539. The van der Waals surface area contributed by atoms with Crippen LogP contribution >= 0.6 is 47.2 Å². The highest BCUT2D eigenvalue weighted by Gasteiger charge is 2.26. The summed E-state index contributed by atoms with van der Waals surface area (Å²) in [6.45, 7) is 0. The molecule has 0 aliphatic heterocycles. The Morgan fingerprint density at radius 1 is 1.04 bits per heavy atom. The first-order valence-corrected chi connectivity index (χ1v) is 7.93. The summed E-state index contributed by atoms with van der Waals surface area (Å²) in [5.41, 5.74) is 0.274. The summed E-state index contributed by atoms with van der Waals surface area (Å²) in [5.74, 6) is 0.0791. The number of carbonyl (C=O) groups excluding carboxylic acids is 1. The summed E-state index contributed by atoms with van der Waals surface area (Å²) >= 11 is 17.9. The van der Waals surface area contributed by atoms with Crippen molar-refractivity contribution in [2.24, 2.45) is 0 Å². The standard InChI is InChI=1S/C16H10Cl3N3O2.ClH/c17-10-1-4-12(5-2-10)24-16(22-9-20-8-21-22)15(23)13-6-3-11(18)7-14(13)19;/h1-9,16H;1H. The maximum Gasteiger partial charge on any atom is 0.256 e. The lowest BCUT2D eigenvalue weighted by Crippen LogP contribution is -2.26. The predicted octanol–water partition coefficient (Wildman–Crippen LogP) is 5.12. The van der Waals surface area contributed by atoms with Crippen molar-refractivity contribution >= 4 is 53.0 Å². The van der Waals surface area contributed by atoms with E-state index in [0.717, 1.165) is 0 Å². The van der Waals surface area contributed by atoms with Crippen molar-refractivity contribution < 1.29 is 9.53 Å². The second-order valence-electron chi connectivity index (χ2n) is 4.79. The van der Waals surface area contributed by atoms with Crippen LogP contribution in [0, 0.1) is 0 Å². The minimum Gasteiger partial charge on any atom is -0.461 e. The topological polar surface area (TPSA) is 57.0 Å². The lowest BCUT2D eigenvalue weighted by Gasteiger charge is -2.18. The lowest BCUT2D eigenvalue weighted by atomic mass is 10.1. The minimum absolute atomic E-state index is 0. The molecule has 0 saturated heterocycles. The van der Waals surface area contributed by atoms with Crippen LogP contribution in [0.5, 0.6) is 5.75 Å². The van der Waals surface area contributed by atoms with E-state index in [1.807, 2.05) is 0 Å². The first-order valence-electron chi connectivity index (χ1n) is 6.80. The molecule has 0 fully saturated rings. The van der Waals surface area contributed by atoms with Crippen LogP contribution in [0.1, 0.15) is 16.6 Å². The van der Waals surface area contributed by atoms with Gasteiger partial charge < -0.3 is 4.74 Å². The molecule has 0 spiro atoms. The Morgan fingerprint density at radius 2 is 1.72 bits per heavy atom. The van der Waals surface area contributed by atoms with Crippen LogP contribution in [0.15, 0.2) is 55.1 Å². The average molecular weight is 419 g/mol. The normalized spacial score (nSPS) is 11.5. The second-order valence-corrected chi connectivity index (χ2v) is 6.07. The van der Waals surface area contributed by atoms with Gasteiger partial charge in [-0.15, -0.1) is 12.4 Å². The van der Waals surface area contributed by atoms with Gasteiger partial charge in [0.15, 0.2) is 0 Å². The third-order valence-electron chi connectivity index (χ3n) is 3.16. The smallest absolute Gasteiger partial charge is 0.256 e. The summed E-state index contributed by atoms with van der Waals surface area (Å²) in [4.78, 5) is 16.7. The Kier molecular flexibility index (Phi) is 6.67. The molecule has 1 unspecified atom stereocenters. The molecule has 25 heavy (non-hydrogen) atoms. The van der Waals surface area contributed by atoms with Crippen molar-refractivity contribution in [3.05, 3.63) is 75.8 Å². The van der Waals surface area contributed by atoms with Gasteiger partial charge >= 0.3 is 0 Å². The molecule has 130 valence electrons. The van der Waals surface area contributed by atoms with Gasteiger partial charge in [0, 0.05) is 15.6 Å². The SMILES string of the molecule is Cl.O=C(c1ccc(Cl)cc1Cl)C(Oc1ccc(Cl)cc1)n1cncn1. The van der Waals surface area contributed by atoms with Crippen LogP contribution in [0.25, 0.3) is 0 Å². The molecule has 1 atom stereocenters. The van der Waals surface area contributed by atoms with E-state index < -0.39 is 6.23 Å². The molecule has 0 aliphatic rings. The maximum atomic E-state index is 12.9. The van der Waals surface area contributed by atoms with Gasteiger partial charge in [-0.05, 0) is 42.5 Å². The number of aromatic nitrogens is 3. The van der Waals surface area contributed by atoms with E-state index in [2.05, 4.69) is 10.1 Å². The number of halogens is 4. The van der Waals surface area contributed by atoms with Crippen LogP contribution in [-0.4, -0.2) is 20.5 Å². The second kappa shape index (κ2) is 8.54. The summed E-state index contributed by atoms with van der Waals surface area (Å²) in [5, 5.41) is 5.22. The highest BCUT2D eigenvalue weighted by molar-refractivity contribution is 6.37. The molecule has 0 N–H and O–H groups in total. The molecule has 0 amide bonds. The maximum absolute atomic E-state index is 12.9. The molecule has 3 aromatic rings. The van der Waals surface area contributed by atoms with Gasteiger partial charge in [-0.25, -0.2) is 9.67 Å². The van der Waals surface area contributed by atoms with Gasteiger partial charge in [0.2, 0.25) is 5.78 Å². The largest absolute Gasteiger partial charge is 0.461 e. The van der Waals surface area contributed by atoms with E-state index in [4.69, 9.17) is 39.5 Å². The van der Waals surface area contributed by atoms with Crippen LogP contribution in [-0.2, 0) is 0 Å². The third kappa shape index (κ3) is 4.64. The van der Waals surface area contributed by atoms with Gasteiger partial charge in [-0.3, -0.25) is 4.79 Å². The van der Waals surface area contributed by atoms with E-state index in [1.165, 1.54) is 23.4 Å². The molecule has 0 radical (unpaired) electrons. The molecule has 1 aromatic heterocycles. The molecule has 9 heteroatoms. The van der Waals surface area contributed by atoms with Crippen LogP contribution in [0.4, 0.5) is 0 Å². The van der Waals surface area contributed by atoms with Crippen LogP contribution in [0.2, 0.25) is 15.1 Å². The number of benzene rings is 2. The molecule has 0 bridgehead atoms. The molecular weight excluding hydrogens is 408 g/mol. The number of ether oxygens (including phenoxy) is 1. The zero-order valence-corrected chi connectivity index (χ0v) is 15.6. The Morgan fingerprint density at radius 3 is 2.32 bits per heavy atom. The van der Waals surface area contributed by atoms with Crippen molar-refractivity contribution in [3.8, 4) is 5.75 Å². The fourth-order valence-electron chi connectivity index (χ4n) is 2.03. The summed E-state index contributed by atoms with van der Waals surface area (Å²) in [7, 11) is 0. The van der Waals surface area contributed by atoms with Crippen molar-refractivity contribution in [1.29, 1.82) is 0 Å². The highest BCUT2D eigenvalue weighted by Crippen LogP contribution is 2.27.